The van der Waals surface area contributed by atoms with Gasteiger partial charge in [0.05, 0.1) is 17.9 Å². The molecule has 1 aliphatic heterocycles. The molecule has 3 rings (SSSR count). The third-order valence-corrected chi connectivity index (χ3v) is 7.27. The average Bonchev–Trinajstić information content (AvgIpc) is 2.79. The lowest BCUT2D eigenvalue weighted by Crippen LogP contribution is -2.46. The summed E-state index contributed by atoms with van der Waals surface area (Å²) in [4.78, 5) is 14.9. The molecule has 8 heteroatoms. The van der Waals surface area contributed by atoms with Crippen molar-refractivity contribution in [3.8, 4) is 5.75 Å². The summed E-state index contributed by atoms with van der Waals surface area (Å²) >= 11 is 0. The highest BCUT2D eigenvalue weighted by molar-refractivity contribution is 7.89. The second-order valence-electron chi connectivity index (χ2n) is 7.43. The highest BCUT2D eigenvalue weighted by Crippen LogP contribution is 2.25. The van der Waals surface area contributed by atoms with Crippen molar-refractivity contribution in [1.82, 2.24) is 9.62 Å². The summed E-state index contributed by atoms with van der Waals surface area (Å²) in [6.07, 6.45) is 1.35. The van der Waals surface area contributed by atoms with Crippen molar-refractivity contribution in [1.29, 1.82) is 0 Å². The molecule has 0 radical (unpaired) electrons. The van der Waals surface area contributed by atoms with Crippen LogP contribution in [-0.4, -0.2) is 59.0 Å². The highest BCUT2D eigenvalue weighted by atomic mass is 32.2. The van der Waals surface area contributed by atoms with E-state index in [9.17, 15) is 13.2 Å². The molecular formula is C22H29N3O4S. The Labute approximate surface area is 178 Å². The Kier molecular flexibility index (Phi) is 7.33. The van der Waals surface area contributed by atoms with Gasteiger partial charge in [-0.2, -0.15) is 4.31 Å². The number of amides is 1. The highest BCUT2D eigenvalue weighted by Gasteiger charge is 2.33. The number of carbonyl (C=O) groups is 1. The molecule has 30 heavy (non-hydrogen) atoms. The average molecular weight is 432 g/mol. The summed E-state index contributed by atoms with van der Waals surface area (Å²) < 4.78 is 32.4. The maximum atomic E-state index is 13.0. The molecule has 162 valence electrons. The van der Waals surface area contributed by atoms with Gasteiger partial charge in [-0.25, -0.2) is 8.42 Å². The number of likely N-dealkylation sites (N-methyl/N-ethyl adjacent to an activating group) is 1. The van der Waals surface area contributed by atoms with Crippen molar-refractivity contribution in [2.24, 2.45) is 5.92 Å². The maximum Gasteiger partial charge on any atom is 0.243 e. The van der Waals surface area contributed by atoms with Crippen LogP contribution in [-0.2, 0) is 14.8 Å². The lowest BCUT2D eigenvalue weighted by molar-refractivity contribution is -0.126. The predicted molar refractivity (Wildman–Crippen MR) is 117 cm³/mol. The fraction of sp³-hybridized carbons (Fsp3) is 0.409. The van der Waals surface area contributed by atoms with Crippen molar-refractivity contribution in [2.75, 3.05) is 45.2 Å². The van der Waals surface area contributed by atoms with E-state index in [1.807, 2.05) is 37.4 Å². The number of anilines is 1. The van der Waals surface area contributed by atoms with E-state index in [2.05, 4.69) is 10.2 Å². The van der Waals surface area contributed by atoms with Crippen LogP contribution in [0.4, 0.5) is 5.69 Å². The monoisotopic (exact) mass is 431 g/mol. The third kappa shape index (κ3) is 5.31. The summed E-state index contributed by atoms with van der Waals surface area (Å²) in [5, 5.41) is 2.96. The number of para-hydroxylation sites is 1. The Balaban J connectivity index is 1.55. The minimum Gasteiger partial charge on any atom is -0.497 e. The van der Waals surface area contributed by atoms with E-state index in [1.165, 1.54) is 23.5 Å². The molecule has 0 saturated carbocycles. The lowest BCUT2D eigenvalue weighted by atomic mass is 9.99. The van der Waals surface area contributed by atoms with Gasteiger partial charge in [0.25, 0.3) is 0 Å². The normalized spacial score (nSPS) is 17.3. The van der Waals surface area contributed by atoms with Crippen molar-refractivity contribution < 1.29 is 17.9 Å². The molecule has 2 aromatic rings. The first-order chi connectivity index (χ1) is 14.4. The molecule has 0 aliphatic carbocycles. The molecule has 1 aliphatic rings. The van der Waals surface area contributed by atoms with Crippen molar-refractivity contribution in [2.45, 2.75) is 17.7 Å². The van der Waals surface area contributed by atoms with E-state index in [4.69, 9.17) is 4.74 Å². The maximum absolute atomic E-state index is 13.0. The summed E-state index contributed by atoms with van der Waals surface area (Å²) in [7, 11) is -0.120. The molecule has 1 amide bonds. The van der Waals surface area contributed by atoms with Gasteiger partial charge in [0.1, 0.15) is 5.75 Å². The minimum atomic E-state index is -3.63. The molecule has 0 bridgehead atoms. The number of nitrogens with zero attached hydrogens (tertiary/aromatic N) is 2. The first kappa shape index (κ1) is 22.1. The Morgan fingerprint density at radius 1 is 1.17 bits per heavy atom. The van der Waals surface area contributed by atoms with E-state index in [1.54, 1.807) is 12.1 Å². The number of sulfonamides is 1. The van der Waals surface area contributed by atoms with Crippen LogP contribution in [0.1, 0.15) is 12.8 Å². The number of rotatable bonds is 8. The zero-order valence-corrected chi connectivity index (χ0v) is 18.3. The molecule has 1 heterocycles. The quantitative estimate of drug-likeness (QED) is 0.694. The SMILES string of the molecule is COc1ccc(S(=O)(=O)N2CCC[C@H](C(=O)NCCN(C)c3ccccc3)C2)cc1. The molecular weight excluding hydrogens is 402 g/mol. The van der Waals surface area contributed by atoms with Crippen LogP contribution in [0.5, 0.6) is 5.75 Å². The number of ether oxygens (including phenoxy) is 1. The molecule has 0 spiro atoms. The number of piperidine rings is 1. The largest absolute Gasteiger partial charge is 0.497 e. The van der Waals surface area contributed by atoms with E-state index in [0.29, 0.717) is 38.2 Å². The fourth-order valence-electron chi connectivity index (χ4n) is 3.57. The van der Waals surface area contributed by atoms with Crippen LogP contribution in [0, 0.1) is 5.92 Å². The van der Waals surface area contributed by atoms with Gasteiger partial charge < -0.3 is 15.0 Å². The first-order valence-electron chi connectivity index (χ1n) is 10.1. The van der Waals surface area contributed by atoms with E-state index in [-0.39, 0.29) is 23.3 Å². The van der Waals surface area contributed by atoms with Crippen LogP contribution in [0.25, 0.3) is 0 Å². The van der Waals surface area contributed by atoms with Gasteiger partial charge in [-0.05, 0) is 49.2 Å². The van der Waals surface area contributed by atoms with E-state index < -0.39 is 10.0 Å². The molecule has 0 unspecified atom stereocenters. The Hall–Kier alpha value is -2.58. The van der Waals surface area contributed by atoms with Crippen molar-refractivity contribution >= 4 is 21.6 Å². The molecule has 2 aromatic carbocycles. The van der Waals surface area contributed by atoms with Crippen LogP contribution >= 0.6 is 0 Å². The second kappa shape index (κ2) is 9.95. The Morgan fingerprint density at radius 3 is 2.53 bits per heavy atom. The van der Waals surface area contributed by atoms with Crippen LogP contribution < -0.4 is 15.0 Å². The summed E-state index contributed by atoms with van der Waals surface area (Å²) in [5.41, 5.74) is 1.08. The molecule has 1 atom stereocenters. The topological polar surface area (TPSA) is 79.0 Å². The lowest BCUT2D eigenvalue weighted by Gasteiger charge is -2.31. The van der Waals surface area contributed by atoms with Crippen LogP contribution in [0.2, 0.25) is 0 Å². The van der Waals surface area contributed by atoms with Gasteiger partial charge in [-0.3, -0.25) is 4.79 Å². The number of methoxy groups -OCH3 is 1. The summed E-state index contributed by atoms with van der Waals surface area (Å²) in [6.45, 7) is 1.81. The van der Waals surface area contributed by atoms with Gasteiger partial charge in [-0.15, -0.1) is 0 Å². The molecule has 1 N–H and O–H groups in total. The predicted octanol–water partition coefficient (Wildman–Crippen LogP) is 2.35. The summed E-state index contributed by atoms with van der Waals surface area (Å²) in [5.74, 6) is 0.171. The Morgan fingerprint density at radius 2 is 1.87 bits per heavy atom. The molecule has 1 saturated heterocycles. The van der Waals surface area contributed by atoms with Gasteiger partial charge in [0.2, 0.25) is 15.9 Å². The third-order valence-electron chi connectivity index (χ3n) is 5.40. The molecule has 1 fully saturated rings. The van der Waals surface area contributed by atoms with Crippen molar-refractivity contribution in [3.63, 3.8) is 0 Å². The minimum absolute atomic E-state index is 0.0916. The first-order valence-corrected chi connectivity index (χ1v) is 11.5. The number of hydrogen-bond donors (Lipinski definition) is 1. The number of nitrogens with one attached hydrogen (secondary N) is 1. The Bertz CT molecular complexity index is 933. The van der Waals surface area contributed by atoms with Crippen LogP contribution in [0.3, 0.4) is 0 Å². The smallest absolute Gasteiger partial charge is 0.243 e. The number of hydrogen-bond acceptors (Lipinski definition) is 5. The van der Waals surface area contributed by atoms with E-state index in [0.717, 1.165) is 5.69 Å². The zero-order chi connectivity index (χ0) is 21.6. The van der Waals surface area contributed by atoms with Crippen molar-refractivity contribution in [3.05, 3.63) is 54.6 Å². The van der Waals surface area contributed by atoms with E-state index >= 15 is 0 Å². The van der Waals surface area contributed by atoms with Gasteiger partial charge in [0, 0.05) is 38.9 Å². The number of carbonyl (C=O) groups excluding carboxylic acids is 1. The standard InChI is InChI=1S/C22H29N3O4S/c1-24(19-8-4-3-5-9-19)16-14-23-22(26)18-7-6-15-25(17-18)30(27,28)21-12-10-20(29-2)11-13-21/h3-5,8-13,18H,6-7,14-17H2,1-2H3,(H,23,26)/t18-/m0/s1. The number of benzene rings is 2. The fourth-order valence-corrected chi connectivity index (χ4v) is 5.10. The van der Waals surface area contributed by atoms with Gasteiger partial charge in [0.15, 0.2) is 0 Å². The van der Waals surface area contributed by atoms with Crippen LogP contribution in [0.15, 0.2) is 59.5 Å². The summed E-state index contributed by atoms with van der Waals surface area (Å²) in [6, 6.07) is 16.3. The second-order valence-corrected chi connectivity index (χ2v) is 9.36. The zero-order valence-electron chi connectivity index (χ0n) is 17.5. The van der Waals surface area contributed by atoms with Gasteiger partial charge in [-0.1, -0.05) is 18.2 Å². The molecule has 7 nitrogen and oxygen atoms in total. The van der Waals surface area contributed by atoms with Gasteiger partial charge >= 0.3 is 0 Å². The molecule has 0 aromatic heterocycles.